The topological polar surface area (TPSA) is 79.8 Å². The van der Waals surface area contributed by atoms with Gasteiger partial charge in [-0.25, -0.2) is 5.43 Å². The summed E-state index contributed by atoms with van der Waals surface area (Å²) in [6.45, 7) is 0.257. The van der Waals surface area contributed by atoms with Gasteiger partial charge in [-0.2, -0.15) is 18.3 Å². The number of carbonyl (C=O) groups is 2. The van der Waals surface area contributed by atoms with Gasteiger partial charge in [0.25, 0.3) is 0 Å². The summed E-state index contributed by atoms with van der Waals surface area (Å²) in [5.41, 5.74) is 2.29. The lowest BCUT2D eigenvalue weighted by Gasteiger charge is -2.09. The van der Waals surface area contributed by atoms with Crippen LogP contribution in [0, 0.1) is 0 Å². The number of alkyl halides is 3. The summed E-state index contributed by atoms with van der Waals surface area (Å²) >= 11 is 6.10. The maximum atomic E-state index is 12.7. The van der Waals surface area contributed by atoms with Crippen LogP contribution >= 0.6 is 11.6 Å². The third-order valence-corrected chi connectivity index (χ3v) is 4.61. The fraction of sp³-hybridized carbons (Fsp3) is 0.0870. The third-order valence-electron chi connectivity index (χ3n) is 4.24. The lowest BCUT2D eigenvalue weighted by Crippen LogP contribution is -2.32. The Morgan fingerprint density at radius 2 is 1.73 bits per heavy atom. The number of anilines is 1. The zero-order chi connectivity index (χ0) is 23.8. The molecule has 0 fully saturated rings. The predicted octanol–water partition coefficient (Wildman–Crippen LogP) is 5.03. The Morgan fingerprint density at radius 3 is 2.48 bits per heavy atom. The van der Waals surface area contributed by atoms with Gasteiger partial charge < -0.3 is 10.1 Å². The van der Waals surface area contributed by atoms with E-state index in [2.05, 4.69) is 10.4 Å². The molecule has 0 heterocycles. The summed E-state index contributed by atoms with van der Waals surface area (Å²) in [5, 5.41) is 6.37. The summed E-state index contributed by atoms with van der Waals surface area (Å²) in [6, 6.07) is 18.0. The minimum atomic E-state index is -4.57. The lowest BCUT2D eigenvalue weighted by atomic mass is 10.2. The lowest BCUT2D eigenvalue weighted by molar-refractivity contribution is -0.137. The number of rotatable bonds is 6. The van der Waals surface area contributed by atoms with Crippen LogP contribution in [0.25, 0.3) is 0 Å². The summed E-state index contributed by atoms with van der Waals surface area (Å²) in [4.78, 5) is 23.8. The van der Waals surface area contributed by atoms with Crippen LogP contribution in [0.1, 0.15) is 16.7 Å². The second kappa shape index (κ2) is 10.6. The van der Waals surface area contributed by atoms with Crippen molar-refractivity contribution in [3.05, 3.63) is 94.5 Å². The Bertz CT molecular complexity index is 1180. The van der Waals surface area contributed by atoms with Gasteiger partial charge in [-0.3, -0.25) is 9.59 Å². The molecule has 0 spiro atoms. The molecule has 3 aromatic rings. The summed E-state index contributed by atoms with van der Waals surface area (Å²) < 4.78 is 43.9. The highest BCUT2D eigenvalue weighted by Crippen LogP contribution is 2.30. The first kappa shape index (κ1) is 23.8. The van der Waals surface area contributed by atoms with Crippen LogP contribution in [0.5, 0.6) is 5.75 Å². The largest absolute Gasteiger partial charge is 0.489 e. The summed E-state index contributed by atoms with van der Waals surface area (Å²) in [5.74, 6) is -1.77. The van der Waals surface area contributed by atoms with Gasteiger partial charge in [-0.05, 0) is 42.0 Å². The van der Waals surface area contributed by atoms with Crippen LogP contribution in [0.2, 0.25) is 5.02 Å². The molecule has 2 amide bonds. The fourth-order valence-corrected chi connectivity index (χ4v) is 2.83. The van der Waals surface area contributed by atoms with E-state index in [4.69, 9.17) is 16.3 Å². The van der Waals surface area contributed by atoms with Crippen molar-refractivity contribution < 1.29 is 27.5 Å². The van der Waals surface area contributed by atoms with Gasteiger partial charge >= 0.3 is 18.0 Å². The van der Waals surface area contributed by atoms with Crippen molar-refractivity contribution in [2.75, 3.05) is 5.32 Å². The molecule has 3 aromatic carbocycles. The van der Waals surface area contributed by atoms with Gasteiger partial charge in [0.1, 0.15) is 12.4 Å². The van der Waals surface area contributed by atoms with Gasteiger partial charge in [-0.1, -0.05) is 48.0 Å². The number of carbonyl (C=O) groups excluding carboxylic acids is 2. The molecule has 170 valence electrons. The number of nitrogens with zero attached hydrogens (tertiary/aromatic N) is 1. The van der Waals surface area contributed by atoms with Crippen LogP contribution in [0.15, 0.2) is 77.9 Å². The first-order chi connectivity index (χ1) is 15.7. The van der Waals surface area contributed by atoms with E-state index in [1.165, 1.54) is 12.3 Å². The van der Waals surface area contributed by atoms with Crippen molar-refractivity contribution in [1.82, 2.24) is 5.43 Å². The zero-order valence-electron chi connectivity index (χ0n) is 16.9. The van der Waals surface area contributed by atoms with Crippen LogP contribution in [0.3, 0.4) is 0 Å². The molecular formula is C23H17ClF3N3O3. The Hall–Kier alpha value is -3.85. The normalized spacial score (nSPS) is 11.3. The van der Waals surface area contributed by atoms with Crippen LogP contribution in [-0.2, 0) is 22.4 Å². The molecule has 0 atom stereocenters. The molecule has 0 aliphatic rings. The quantitative estimate of drug-likeness (QED) is 0.298. The van der Waals surface area contributed by atoms with E-state index in [1.807, 2.05) is 23.6 Å². The molecule has 0 unspecified atom stereocenters. The van der Waals surface area contributed by atoms with E-state index in [1.54, 1.807) is 30.3 Å². The Morgan fingerprint density at radius 1 is 0.970 bits per heavy atom. The van der Waals surface area contributed by atoms with E-state index >= 15 is 0 Å². The monoisotopic (exact) mass is 475 g/mol. The number of nitrogens with one attached hydrogen (secondary N) is 2. The van der Waals surface area contributed by atoms with Gasteiger partial charge in [0, 0.05) is 16.3 Å². The molecule has 3 rings (SSSR count). The standard InChI is InChI=1S/C23H17ClF3N3O3/c24-20-10-2-1-6-16(20)14-33-19-9-3-5-15(11-19)13-28-30-22(32)21(31)29-18-8-4-7-17(12-18)23(25,26)27/h1-13H,14H2,(H,29,31)(H,30,32). The van der Waals surface area contributed by atoms with E-state index in [0.29, 0.717) is 16.3 Å². The molecule has 0 radical (unpaired) electrons. The summed E-state index contributed by atoms with van der Waals surface area (Å²) in [6.07, 6.45) is -3.28. The average Bonchev–Trinajstić information content (AvgIpc) is 2.78. The van der Waals surface area contributed by atoms with Crippen molar-refractivity contribution in [1.29, 1.82) is 0 Å². The van der Waals surface area contributed by atoms with E-state index in [0.717, 1.165) is 23.8 Å². The highest BCUT2D eigenvalue weighted by molar-refractivity contribution is 6.39. The van der Waals surface area contributed by atoms with Crippen molar-refractivity contribution >= 4 is 35.3 Å². The van der Waals surface area contributed by atoms with Crippen molar-refractivity contribution in [3.8, 4) is 5.75 Å². The van der Waals surface area contributed by atoms with E-state index in [-0.39, 0.29) is 12.3 Å². The molecule has 0 saturated heterocycles. The Labute approximate surface area is 192 Å². The molecule has 0 aliphatic carbocycles. The number of hydrogen-bond donors (Lipinski definition) is 2. The van der Waals surface area contributed by atoms with Crippen LogP contribution in [0.4, 0.5) is 18.9 Å². The maximum Gasteiger partial charge on any atom is 0.416 e. The van der Waals surface area contributed by atoms with E-state index in [9.17, 15) is 22.8 Å². The average molecular weight is 476 g/mol. The second-order valence-corrected chi connectivity index (χ2v) is 7.09. The minimum Gasteiger partial charge on any atom is -0.489 e. The first-order valence-electron chi connectivity index (χ1n) is 9.50. The van der Waals surface area contributed by atoms with Crippen molar-refractivity contribution in [2.45, 2.75) is 12.8 Å². The highest BCUT2D eigenvalue weighted by atomic mass is 35.5. The van der Waals surface area contributed by atoms with Crippen LogP contribution < -0.4 is 15.5 Å². The third kappa shape index (κ3) is 7.08. The molecule has 0 aliphatic heterocycles. The number of benzene rings is 3. The zero-order valence-corrected chi connectivity index (χ0v) is 17.7. The number of hydrazone groups is 1. The molecule has 10 heteroatoms. The molecule has 2 N–H and O–H groups in total. The number of halogens is 4. The highest BCUT2D eigenvalue weighted by Gasteiger charge is 2.30. The minimum absolute atomic E-state index is 0.169. The molecule has 33 heavy (non-hydrogen) atoms. The van der Waals surface area contributed by atoms with Gasteiger partial charge in [0.05, 0.1) is 11.8 Å². The molecule has 6 nitrogen and oxygen atoms in total. The van der Waals surface area contributed by atoms with Crippen molar-refractivity contribution in [3.63, 3.8) is 0 Å². The fourth-order valence-electron chi connectivity index (χ4n) is 2.64. The smallest absolute Gasteiger partial charge is 0.416 e. The maximum absolute atomic E-state index is 12.7. The van der Waals surface area contributed by atoms with Crippen molar-refractivity contribution in [2.24, 2.45) is 5.10 Å². The number of ether oxygens (including phenoxy) is 1. The molecule has 0 saturated carbocycles. The summed E-state index contributed by atoms with van der Waals surface area (Å²) in [7, 11) is 0. The Balaban J connectivity index is 1.54. The second-order valence-electron chi connectivity index (χ2n) is 6.68. The molecular weight excluding hydrogens is 459 g/mol. The SMILES string of the molecule is O=C(NN=Cc1cccc(OCc2ccccc2Cl)c1)C(=O)Nc1cccc(C(F)(F)F)c1. The van der Waals surface area contributed by atoms with Gasteiger partial charge in [0.15, 0.2) is 0 Å². The van der Waals surface area contributed by atoms with Crippen LogP contribution in [-0.4, -0.2) is 18.0 Å². The predicted molar refractivity (Wildman–Crippen MR) is 118 cm³/mol. The van der Waals surface area contributed by atoms with E-state index < -0.39 is 23.6 Å². The number of hydrogen-bond acceptors (Lipinski definition) is 4. The molecule has 0 bridgehead atoms. The number of amides is 2. The van der Waals surface area contributed by atoms with Gasteiger partial charge in [-0.15, -0.1) is 0 Å². The van der Waals surface area contributed by atoms with Gasteiger partial charge in [0.2, 0.25) is 0 Å². The Kier molecular flexibility index (Phi) is 7.68. The first-order valence-corrected chi connectivity index (χ1v) is 9.88. The molecule has 0 aromatic heterocycles.